The van der Waals surface area contributed by atoms with E-state index in [9.17, 15) is 4.79 Å². The van der Waals surface area contributed by atoms with Crippen molar-refractivity contribution in [2.45, 2.75) is 44.7 Å². The van der Waals surface area contributed by atoms with Gasteiger partial charge in [0.15, 0.2) is 11.5 Å². The quantitative estimate of drug-likeness (QED) is 0.475. The number of nitrogens with two attached hydrogens (primary N) is 1. The molecular formula is C12H20N4O2. The van der Waals surface area contributed by atoms with E-state index >= 15 is 0 Å². The second kappa shape index (κ2) is 5.97. The fraction of sp³-hybridized carbons (Fsp3) is 0.667. The molecule has 0 bridgehead atoms. The third kappa shape index (κ3) is 3.08. The van der Waals surface area contributed by atoms with Crippen LogP contribution in [-0.2, 0) is 6.54 Å². The molecule has 6 heteroatoms. The molecule has 0 atom stereocenters. The lowest BCUT2D eigenvalue weighted by atomic mass is 9.94. The molecule has 0 radical (unpaired) electrons. The first-order chi connectivity index (χ1) is 8.70. The Morgan fingerprint density at radius 3 is 2.94 bits per heavy atom. The second-order valence-electron chi connectivity index (χ2n) is 4.86. The van der Waals surface area contributed by atoms with Crippen molar-refractivity contribution in [3.63, 3.8) is 0 Å². The fourth-order valence-electron chi connectivity index (χ4n) is 2.47. The van der Waals surface area contributed by atoms with Crippen LogP contribution in [0.5, 0.6) is 0 Å². The molecule has 3 N–H and O–H groups in total. The molecule has 1 aromatic heterocycles. The Balaban J connectivity index is 1.92. The molecule has 2 rings (SSSR count). The minimum absolute atomic E-state index is 0.226. The van der Waals surface area contributed by atoms with E-state index in [1.807, 2.05) is 5.43 Å². The first-order valence-corrected chi connectivity index (χ1v) is 6.37. The number of amides is 1. The molecule has 0 unspecified atom stereocenters. The predicted molar refractivity (Wildman–Crippen MR) is 66.5 cm³/mol. The van der Waals surface area contributed by atoms with E-state index in [0.717, 1.165) is 0 Å². The maximum absolute atomic E-state index is 11.2. The molecule has 18 heavy (non-hydrogen) atoms. The number of carbonyl (C=O) groups is 1. The Morgan fingerprint density at radius 1 is 1.56 bits per heavy atom. The van der Waals surface area contributed by atoms with Crippen LogP contribution in [-0.4, -0.2) is 29.1 Å². The van der Waals surface area contributed by atoms with Gasteiger partial charge in [0.25, 0.3) is 5.91 Å². The van der Waals surface area contributed by atoms with Gasteiger partial charge in [-0.05, 0) is 19.9 Å². The zero-order chi connectivity index (χ0) is 13.0. The summed E-state index contributed by atoms with van der Waals surface area (Å²) in [6, 6.07) is 2.25. The highest BCUT2D eigenvalue weighted by Crippen LogP contribution is 2.22. The molecule has 1 aliphatic rings. The average Bonchev–Trinajstić information content (AvgIpc) is 2.87. The topological polar surface area (TPSA) is 84.4 Å². The third-order valence-electron chi connectivity index (χ3n) is 3.53. The molecule has 1 heterocycles. The summed E-state index contributed by atoms with van der Waals surface area (Å²) < 4.78 is 5.14. The first kappa shape index (κ1) is 13.0. The molecule has 1 amide bonds. The number of aromatic nitrogens is 1. The van der Waals surface area contributed by atoms with Gasteiger partial charge in [-0.1, -0.05) is 24.4 Å². The number of hydrogen-bond donors (Lipinski definition) is 2. The smallest absolute Gasteiger partial charge is 0.287 e. The Hall–Kier alpha value is -1.40. The largest absolute Gasteiger partial charge is 0.359 e. The lowest BCUT2D eigenvalue weighted by Crippen LogP contribution is -2.32. The number of nitrogens with zero attached hydrogens (tertiary/aromatic N) is 2. The van der Waals surface area contributed by atoms with E-state index < -0.39 is 5.91 Å². The summed E-state index contributed by atoms with van der Waals surface area (Å²) in [4.78, 5) is 13.5. The second-order valence-corrected chi connectivity index (χ2v) is 4.86. The molecule has 1 aliphatic carbocycles. The standard InChI is InChI=1S/C12H20N4O2/c1-16(9-5-3-2-4-6-9)8-10-7-11(15-18-10)12(17)14-13/h7,9H,2-6,8,13H2,1H3,(H,14,17). The number of nitrogens with one attached hydrogen (secondary N) is 1. The molecule has 1 fully saturated rings. The van der Waals surface area contributed by atoms with E-state index in [-0.39, 0.29) is 5.69 Å². The molecule has 1 saturated carbocycles. The van der Waals surface area contributed by atoms with Crippen LogP contribution in [0.4, 0.5) is 0 Å². The molecule has 0 aromatic carbocycles. The Morgan fingerprint density at radius 2 is 2.28 bits per heavy atom. The molecule has 0 spiro atoms. The van der Waals surface area contributed by atoms with Crippen molar-refractivity contribution in [3.05, 3.63) is 17.5 Å². The summed E-state index contributed by atoms with van der Waals surface area (Å²) in [5.41, 5.74) is 2.26. The van der Waals surface area contributed by atoms with Gasteiger partial charge in [0, 0.05) is 12.1 Å². The van der Waals surface area contributed by atoms with Crippen molar-refractivity contribution in [2.75, 3.05) is 7.05 Å². The fourth-order valence-corrected chi connectivity index (χ4v) is 2.47. The van der Waals surface area contributed by atoms with Gasteiger partial charge in [0.1, 0.15) is 0 Å². The first-order valence-electron chi connectivity index (χ1n) is 6.37. The summed E-state index contributed by atoms with van der Waals surface area (Å²) in [5, 5.41) is 3.69. The highest BCUT2D eigenvalue weighted by atomic mass is 16.5. The zero-order valence-corrected chi connectivity index (χ0v) is 10.7. The Kier molecular flexibility index (Phi) is 4.33. The van der Waals surface area contributed by atoms with Crippen molar-refractivity contribution >= 4 is 5.91 Å². The number of nitrogen functional groups attached to an aromatic ring is 1. The highest BCUT2D eigenvalue weighted by Gasteiger charge is 2.20. The monoisotopic (exact) mass is 252 g/mol. The van der Waals surface area contributed by atoms with E-state index in [4.69, 9.17) is 10.4 Å². The average molecular weight is 252 g/mol. The van der Waals surface area contributed by atoms with E-state index in [1.54, 1.807) is 6.07 Å². The predicted octanol–water partition coefficient (Wildman–Crippen LogP) is 1.04. The third-order valence-corrected chi connectivity index (χ3v) is 3.53. The maximum Gasteiger partial charge on any atom is 0.287 e. The van der Waals surface area contributed by atoms with Gasteiger partial charge in [-0.25, -0.2) is 5.84 Å². The van der Waals surface area contributed by atoms with Gasteiger partial charge >= 0.3 is 0 Å². The van der Waals surface area contributed by atoms with Gasteiger partial charge in [0.05, 0.1) is 6.54 Å². The van der Waals surface area contributed by atoms with Crippen molar-refractivity contribution in [3.8, 4) is 0 Å². The summed E-state index contributed by atoms with van der Waals surface area (Å²) >= 11 is 0. The molecule has 6 nitrogen and oxygen atoms in total. The number of hydrazine groups is 1. The van der Waals surface area contributed by atoms with Crippen LogP contribution in [0, 0.1) is 0 Å². The van der Waals surface area contributed by atoms with E-state index in [1.165, 1.54) is 32.1 Å². The van der Waals surface area contributed by atoms with Crippen molar-refractivity contribution in [1.29, 1.82) is 0 Å². The molecule has 1 aromatic rings. The summed E-state index contributed by atoms with van der Waals surface area (Å²) in [6.07, 6.45) is 6.41. The van der Waals surface area contributed by atoms with Crippen LogP contribution in [0.3, 0.4) is 0 Å². The van der Waals surface area contributed by atoms with Crippen LogP contribution >= 0.6 is 0 Å². The van der Waals surface area contributed by atoms with Crippen LogP contribution in [0.2, 0.25) is 0 Å². The van der Waals surface area contributed by atoms with Gasteiger partial charge in [-0.15, -0.1) is 0 Å². The SMILES string of the molecule is CN(Cc1cc(C(=O)NN)no1)C1CCCCC1. The molecule has 0 saturated heterocycles. The van der Waals surface area contributed by atoms with Gasteiger partial charge < -0.3 is 4.52 Å². The Labute approximate surface area is 106 Å². The minimum Gasteiger partial charge on any atom is -0.359 e. The van der Waals surface area contributed by atoms with Crippen molar-refractivity contribution in [1.82, 2.24) is 15.5 Å². The summed E-state index contributed by atoms with van der Waals surface area (Å²) in [5.74, 6) is 5.31. The van der Waals surface area contributed by atoms with Crippen molar-refractivity contribution < 1.29 is 9.32 Å². The number of rotatable bonds is 4. The molecule has 100 valence electrons. The number of hydrogen-bond acceptors (Lipinski definition) is 5. The number of carbonyl (C=O) groups excluding carboxylic acids is 1. The summed E-state index contributed by atoms with van der Waals surface area (Å²) in [7, 11) is 2.08. The van der Waals surface area contributed by atoms with Crippen LogP contribution in [0.15, 0.2) is 10.6 Å². The molecular weight excluding hydrogens is 232 g/mol. The lowest BCUT2D eigenvalue weighted by Gasteiger charge is -2.30. The maximum atomic E-state index is 11.2. The highest BCUT2D eigenvalue weighted by molar-refractivity contribution is 5.91. The minimum atomic E-state index is -0.426. The lowest BCUT2D eigenvalue weighted by molar-refractivity contribution is 0.0944. The summed E-state index contributed by atoms with van der Waals surface area (Å²) in [6.45, 7) is 0.676. The van der Waals surface area contributed by atoms with Crippen LogP contribution in [0.1, 0.15) is 48.4 Å². The van der Waals surface area contributed by atoms with Gasteiger partial charge in [-0.3, -0.25) is 15.1 Å². The Bertz CT molecular complexity index is 399. The van der Waals surface area contributed by atoms with Gasteiger partial charge in [-0.2, -0.15) is 0 Å². The van der Waals surface area contributed by atoms with Crippen molar-refractivity contribution in [2.24, 2.45) is 5.84 Å². The normalized spacial score (nSPS) is 17.1. The zero-order valence-electron chi connectivity index (χ0n) is 10.7. The molecule has 0 aliphatic heterocycles. The van der Waals surface area contributed by atoms with E-state index in [0.29, 0.717) is 18.3 Å². The van der Waals surface area contributed by atoms with E-state index in [2.05, 4.69) is 17.1 Å². The van der Waals surface area contributed by atoms with Crippen LogP contribution in [0.25, 0.3) is 0 Å². The van der Waals surface area contributed by atoms with Crippen LogP contribution < -0.4 is 11.3 Å². The van der Waals surface area contributed by atoms with Gasteiger partial charge in [0.2, 0.25) is 0 Å².